The molecule has 1 atom stereocenters. The SMILES string of the molecule is CC(C#N)N1C(=O)C(C)(C)NC1(C)C. The van der Waals surface area contributed by atoms with Crippen molar-refractivity contribution < 1.29 is 4.79 Å². The highest BCUT2D eigenvalue weighted by molar-refractivity contribution is 5.89. The summed E-state index contributed by atoms with van der Waals surface area (Å²) in [7, 11) is 0. The van der Waals surface area contributed by atoms with E-state index in [1.54, 1.807) is 11.8 Å². The van der Waals surface area contributed by atoms with Crippen LogP contribution < -0.4 is 5.32 Å². The third-order valence-electron chi connectivity index (χ3n) is 2.55. The standard InChI is InChI=1S/C10H17N3O/c1-7(6-11)13-8(14)9(2,3)12-10(13,4)5/h7,12H,1-5H3. The van der Waals surface area contributed by atoms with Crippen LogP contribution in [0.5, 0.6) is 0 Å². The molecule has 0 aliphatic carbocycles. The van der Waals surface area contributed by atoms with Crippen LogP contribution in [-0.2, 0) is 4.79 Å². The Hall–Kier alpha value is -1.08. The predicted molar refractivity (Wildman–Crippen MR) is 53.2 cm³/mol. The normalized spacial score (nSPS) is 26.0. The third-order valence-corrected chi connectivity index (χ3v) is 2.55. The molecule has 14 heavy (non-hydrogen) atoms. The van der Waals surface area contributed by atoms with Crippen LogP contribution in [0.25, 0.3) is 0 Å². The molecule has 0 aromatic rings. The summed E-state index contributed by atoms with van der Waals surface area (Å²) < 4.78 is 0. The molecule has 1 N–H and O–H groups in total. The van der Waals surface area contributed by atoms with Crippen molar-refractivity contribution in [2.45, 2.75) is 51.9 Å². The minimum Gasteiger partial charge on any atom is -0.308 e. The van der Waals surface area contributed by atoms with Gasteiger partial charge < -0.3 is 4.90 Å². The Morgan fingerprint density at radius 2 is 1.93 bits per heavy atom. The number of hydrogen-bond donors (Lipinski definition) is 1. The highest BCUT2D eigenvalue weighted by Gasteiger charge is 2.51. The smallest absolute Gasteiger partial charge is 0.244 e. The molecule has 0 saturated carbocycles. The van der Waals surface area contributed by atoms with E-state index in [4.69, 9.17) is 5.26 Å². The quantitative estimate of drug-likeness (QED) is 0.674. The van der Waals surface area contributed by atoms with Crippen LogP contribution in [0, 0.1) is 11.3 Å². The molecule has 1 aliphatic rings. The summed E-state index contributed by atoms with van der Waals surface area (Å²) in [5, 5.41) is 12.1. The molecule has 1 aliphatic heterocycles. The molecule has 1 fully saturated rings. The average Bonchev–Trinajstić information content (AvgIpc) is 2.16. The lowest BCUT2D eigenvalue weighted by Gasteiger charge is -2.32. The highest BCUT2D eigenvalue weighted by atomic mass is 16.2. The lowest BCUT2D eigenvalue weighted by Crippen LogP contribution is -2.51. The molecule has 1 saturated heterocycles. The number of carbonyl (C=O) groups excluding carboxylic acids is 1. The van der Waals surface area contributed by atoms with Crippen molar-refractivity contribution in [3.63, 3.8) is 0 Å². The van der Waals surface area contributed by atoms with E-state index in [9.17, 15) is 4.79 Å². The van der Waals surface area contributed by atoms with Gasteiger partial charge in [0.25, 0.3) is 0 Å². The van der Waals surface area contributed by atoms with Crippen molar-refractivity contribution >= 4 is 5.91 Å². The maximum atomic E-state index is 12.0. The minimum atomic E-state index is -0.575. The van der Waals surface area contributed by atoms with E-state index in [1.807, 2.05) is 27.7 Å². The first-order valence-corrected chi connectivity index (χ1v) is 4.75. The lowest BCUT2D eigenvalue weighted by molar-refractivity contribution is -0.134. The van der Waals surface area contributed by atoms with Crippen molar-refractivity contribution in [1.29, 1.82) is 5.26 Å². The number of nitrogens with zero attached hydrogens (tertiary/aromatic N) is 2. The van der Waals surface area contributed by atoms with E-state index in [0.717, 1.165) is 0 Å². The Kier molecular flexibility index (Phi) is 2.32. The van der Waals surface area contributed by atoms with Crippen LogP contribution in [0.3, 0.4) is 0 Å². The Morgan fingerprint density at radius 3 is 2.21 bits per heavy atom. The molecule has 1 heterocycles. The van der Waals surface area contributed by atoms with Crippen LogP contribution in [0.2, 0.25) is 0 Å². The van der Waals surface area contributed by atoms with Gasteiger partial charge in [-0.3, -0.25) is 10.1 Å². The van der Waals surface area contributed by atoms with Gasteiger partial charge in [-0.25, -0.2) is 0 Å². The minimum absolute atomic E-state index is 0.0171. The van der Waals surface area contributed by atoms with Crippen LogP contribution in [0.15, 0.2) is 0 Å². The van der Waals surface area contributed by atoms with Crippen LogP contribution >= 0.6 is 0 Å². The topological polar surface area (TPSA) is 56.1 Å². The number of hydrogen-bond acceptors (Lipinski definition) is 3. The van der Waals surface area contributed by atoms with Crippen molar-refractivity contribution in [2.75, 3.05) is 0 Å². The monoisotopic (exact) mass is 195 g/mol. The van der Waals surface area contributed by atoms with Gasteiger partial charge in [-0.15, -0.1) is 0 Å². The molecule has 0 radical (unpaired) electrons. The van der Waals surface area contributed by atoms with Crippen molar-refractivity contribution in [1.82, 2.24) is 10.2 Å². The Bertz CT molecular complexity index is 301. The molecule has 0 spiro atoms. The Morgan fingerprint density at radius 1 is 1.43 bits per heavy atom. The van der Waals surface area contributed by atoms with E-state index in [2.05, 4.69) is 11.4 Å². The van der Waals surface area contributed by atoms with Gasteiger partial charge >= 0.3 is 0 Å². The highest BCUT2D eigenvalue weighted by Crippen LogP contribution is 2.29. The van der Waals surface area contributed by atoms with E-state index in [-0.39, 0.29) is 5.91 Å². The zero-order valence-electron chi connectivity index (χ0n) is 9.38. The third kappa shape index (κ3) is 1.48. The number of nitriles is 1. The fraction of sp³-hybridized carbons (Fsp3) is 0.800. The second kappa shape index (κ2) is 2.96. The number of carbonyl (C=O) groups is 1. The van der Waals surface area contributed by atoms with Crippen molar-refractivity contribution in [3.05, 3.63) is 0 Å². The van der Waals surface area contributed by atoms with Gasteiger partial charge in [-0.2, -0.15) is 5.26 Å². The van der Waals surface area contributed by atoms with Crippen LogP contribution in [0.1, 0.15) is 34.6 Å². The first-order valence-electron chi connectivity index (χ1n) is 4.75. The van der Waals surface area contributed by atoms with Gasteiger partial charge in [0.2, 0.25) is 5.91 Å². The zero-order valence-corrected chi connectivity index (χ0v) is 9.38. The zero-order chi connectivity index (χ0) is 11.1. The molecule has 0 aromatic heterocycles. The molecule has 4 nitrogen and oxygen atoms in total. The van der Waals surface area contributed by atoms with Gasteiger partial charge in [-0.1, -0.05) is 0 Å². The van der Waals surface area contributed by atoms with Crippen LogP contribution in [0.4, 0.5) is 0 Å². The van der Waals surface area contributed by atoms with E-state index in [0.29, 0.717) is 0 Å². The maximum absolute atomic E-state index is 12.0. The van der Waals surface area contributed by atoms with E-state index < -0.39 is 17.2 Å². The Balaban J connectivity index is 3.07. The number of amides is 1. The first kappa shape index (κ1) is 11.0. The summed E-state index contributed by atoms with van der Waals surface area (Å²) >= 11 is 0. The fourth-order valence-electron chi connectivity index (χ4n) is 2.15. The van der Waals surface area contributed by atoms with Gasteiger partial charge in [-0.05, 0) is 34.6 Å². The van der Waals surface area contributed by atoms with Crippen molar-refractivity contribution in [2.24, 2.45) is 0 Å². The molecule has 1 unspecified atom stereocenters. The summed E-state index contributed by atoms with van der Waals surface area (Å²) in [5.74, 6) is -0.0171. The lowest BCUT2D eigenvalue weighted by atomic mass is 10.1. The number of nitrogens with one attached hydrogen (secondary N) is 1. The summed E-state index contributed by atoms with van der Waals surface area (Å²) in [5.41, 5.74) is -1.02. The largest absolute Gasteiger partial charge is 0.308 e. The predicted octanol–water partition coefficient (Wildman–Crippen LogP) is 0.845. The van der Waals surface area contributed by atoms with Crippen molar-refractivity contribution in [3.8, 4) is 6.07 Å². The summed E-state index contributed by atoms with van der Waals surface area (Å²) in [6.45, 7) is 9.23. The number of rotatable bonds is 1. The molecule has 1 rings (SSSR count). The summed E-state index contributed by atoms with van der Waals surface area (Å²) in [6.07, 6.45) is 0. The summed E-state index contributed by atoms with van der Waals surface area (Å²) in [4.78, 5) is 13.6. The molecular weight excluding hydrogens is 178 g/mol. The molecule has 1 amide bonds. The van der Waals surface area contributed by atoms with Crippen LogP contribution in [-0.4, -0.2) is 28.1 Å². The average molecular weight is 195 g/mol. The van der Waals surface area contributed by atoms with Gasteiger partial charge in [0.05, 0.1) is 17.3 Å². The fourth-order valence-corrected chi connectivity index (χ4v) is 2.15. The molecule has 0 aromatic carbocycles. The molecule has 78 valence electrons. The van der Waals surface area contributed by atoms with Gasteiger partial charge in [0.15, 0.2) is 0 Å². The molecule has 4 heteroatoms. The first-order chi connectivity index (χ1) is 6.22. The maximum Gasteiger partial charge on any atom is 0.244 e. The van der Waals surface area contributed by atoms with Gasteiger partial charge in [0, 0.05) is 0 Å². The second-order valence-electron chi connectivity index (χ2n) is 4.79. The van der Waals surface area contributed by atoms with E-state index >= 15 is 0 Å². The molecule has 0 bridgehead atoms. The second-order valence-corrected chi connectivity index (χ2v) is 4.79. The molecular formula is C10H17N3O. The summed E-state index contributed by atoms with van der Waals surface area (Å²) in [6, 6.07) is 1.70. The van der Waals surface area contributed by atoms with Gasteiger partial charge in [0.1, 0.15) is 6.04 Å². The van der Waals surface area contributed by atoms with E-state index in [1.165, 1.54) is 0 Å². The Labute approximate surface area is 84.9 Å².